The fourth-order valence-corrected chi connectivity index (χ4v) is 5.55. The predicted molar refractivity (Wildman–Crippen MR) is 119 cm³/mol. The van der Waals surface area contributed by atoms with Crippen molar-refractivity contribution in [2.75, 3.05) is 44.2 Å². The zero-order valence-corrected chi connectivity index (χ0v) is 18.9. The first-order chi connectivity index (χ1) is 14.2. The number of rotatable bonds is 6. The maximum absolute atomic E-state index is 12.7. The number of hydrogen-bond donors (Lipinski definition) is 1. The normalized spacial score (nSPS) is 30.8. The van der Waals surface area contributed by atoms with E-state index in [4.69, 9.17) is 16.4 Å². The number of aliphatic hydroxyl groups is 1. The van der Waals surface area contributed by atoms with Gasteiger partial charge in [-0.15, -0.1) is 0 Å². The number of oxime groups is 1. The quantitative estimate of drug-likeness (QED) is 0.698. The lowest BCUT2D eigenvalue weighted by atomic mass is 9.70. The molecule has 3 fully saturated rings. The molecule has 2 bridgehead atoms. The van der Waals surface area contributed by atoms with Crippen molar-refractivity contribution in [2.24, 2.45) is 21.9 Å². The Morgan fingerprint density at radius 3 is 2.63 bits per heavy atom. The van der Waals surface area contributed by atoms with Crippen molar-refractivity contribution in [1.82, 2.24) is 4.90 Å². The average molecular weight is 434 g/mol. The molecule has 1 heterocycles. The number of halogens is 1. The monoisotopic (exact) mass is 433 g/mol. The number of hydrogen-bond acceptors (Lipinski definition) is 6. The number of carbonyl (C=O) groups excluding carboxylic acids is 1. The predicted octanol–water partition coefficient (Wildman–Crippen LogP) is 3.22. The van der Waals surface area contributed by atoms with Crippen LogP contribution in [0.2, 0.25) is 5.02 Å². The third-order valence-electron chi connectivity index (χ3n) is 7.74. The minimum atomic E-state index is -0.637. The largest absolute Gasteiger partial charge is 0.393 e. The van der Waals surface area contributed by atoms with Crippen LogP contribution in [0.1, 0.15) is 33.6 Å². The molecule has 2 aliphatic carbocycles. The van der Waals surface area contributed by atoms with Gasteiger partial charge in [-0.3, -0.25) is 9.69 Å². The van der Waals surface area contributed by atoms with Crippen LogP contribution in [0.3, 0.4) is 0 Å². The van der Waals surface area contributed by atoms with Gasteiger partial charge in [0.2, 0.25) is 0 Å². The summed E-state index contributed by atoms with van der Waals surface area (Å²) < 4.78 is 0. The molecule has 1 unspecified atom stereocenters. The van der Waals surface area contributed by atoms with Gasteiger partial charge in [0.05, 0.1) is 0 Å². The molecule has 6 nitrogen and oxygen atoms in total. The molecule has 0 radical (unpaired) electrons. The molecule has 0 amide bonds. The molecule has 0 aromatic heterocycles. The van der Waals surface area contributed by atoms with Gasteiger partial charge in [0.15, 0.2) is 5.78 Å². The van der Waals surface area contributed by atoms with E-state index in [0.29, 0.717) is 12.3 Å². The molecule has 1 saturated heterocycles. The first kappa shape index (κ1) is 21.6. The summed E-state index contributed by atoms with van der Waals surface area (Å²) in [6, 6.07) is 7.90. The van der Waals surface area contributed by atoms with Crippen LogP contribution < -0.4 is 4.90 Å². The van der Waals surface area contributed by atoms with Gasteiger partial charge in [-0.25, -0.2) is 0 Å². The Morgan fingerprint density at radius 2 is 2.00 bits per heavy atom. The minimum absolute atomic E-state index is 0.0468. The van der Waals surface area contributed by atoms with Crippen LogP contribution >= 0.6 is 11.6 Å². The highest BCUT2D eigenvalue weighted by molar-refractivity contribution is 6.45. The van der Waals surface area contributed by atoms with E-state index in [-0.39, 0.29) is 29.1 Å². The van der Waals surface area contributed by atoms with Crippen LogP contribution in [0.25, 0.3) is 0 Å². The number of fused-ring (bicyclic) bond motifs is 2. The topological polar surface area (TPSA) is 65.4 Å². The SMILES string of the molecule is CC1(C)[C@H]2CC[C@]1(C)/C(=N/OCC(O)CN1CCN(c3cccc(Cl)c3)CC1)C2=O. The van der Waals surface area contributed by atoms with E-state index in [1.807, 2.05) is 18.2 Å². The van der Waals surface area contributed by atoms with Crippen molar-refractivity contribution < 1.29 is 14.7 Å². The molecule has 1 aromatic carbocycles. The summed E-state index contributed by atoms with van der Waals surface area (Å²) >= 11 is 6.10. The highest BCUT2D eigenvalue weighted by Gasteiger charge is 2.65. The number of β-amino-alcohol motifs (C(OH)–C–C–N with tert-alkyl or cyclic N) is 1. The van der Waals surface area contributed by atoms with Crippen molar-refractivity contribution in [3.8, 4) is 0 Å². The maximum Gasteiger partial charge on any atom is 0.184 e. The number of piperazine rings is 1. The molecule has 30 heavy (non-hydrogen) atoms. The van der Waals surface area contributed by atoms with Crippen molar-refractivity contribution in [2.45, 2.75) is 39.7 Å². The van der Waals surface area contributed by atoms with E-state index in [0.717, 1.165) is 49.7 Å². The molecular weight excluding hydrogens is 402 g/mol. The maximum atomic E-state index is 12.7. The van der Waals surface area contributed by atoms with Crippen LogP contribution in [0, 0.1) is 16.7 Å². The number of nitrogens with zero attached hydrogens (tertiary/aromatic N) is 3. The lowest BCUT2D eigenvalue weighted by Gasteiger charge is -2.36. The summed E-state index contributed by atoms with van der Waals surface area (Å²) in [5.41, 5.74) is 1.39. The highest BCUT2D eigenvalue weighted by atomic mass is 35.5. The van der Waals surface area contributed by atoms with Crippen LogP contribution in [-0.4, -0.2) is 66.9 Å². The molecule has 164 valence electrons. The second-order valence-electron chi connectivity index (χ2n) is 9.67. The van der Waals surface area contributed by atoms with E-state index in [9.17, 15) is 9.90 Å². The van der Waals surface area contributed by atoms with Crippen molar-refractivity contribution >= 4 is 28.8 Å². The summed E-state index contributed by atoms with van der Waals surface area (Å²) in [6.45, 7) is 10.6. The van der Waals surface area contributed by atoms with Crippen LogP contribution in [0.15, 0.2) is 29.4 Å². The lowest BCUT2D eigenvalue weighted by molar-refractivity contribution is -0.117. The van der Waals surface area contributed by atoms with Crippen LogP contribution in [-0.2, 0) is 9.63 Å². The number of benzene rings is 1. The van der Waals surface area contributed by atoms with Crippen LogP contribution in [0.5, 0.6) is 0 Å². The van der Waals surface area contributed by atoms with Gasteiger partial charge in [-0.2, -0.15) is 0 Å². The third kappa shape index (κ3) is 3.74. The Morgan fingerprint density at radius 1 is 1.27 bits per heavy atom. The zero-order chi connectivity index (χ0) is 21.5. The molecule has 4 rings (SSSR count). The smallest absolute Gasteiger partial charge is 0.184 e. The van der Waals surface area contributed by atoms with E-state index in [2.05, 4.69) is 41.8 Å². The Bertz CT molecular complexity index is 835. The fourth-order valence-electron chi connectivity index (χ4n) is 5.37. The summed E-state index contributed by atoms with van der Waals surface area (Å²) in [5.74, 6) is 0.172. The Kier molecular flexibility index (Phi) is 5.86. The van der Waals surface area contributed by atoms with Crippen molar-refractivity contribution in [3.05, 3.63) is 29.3 Å². The molecule has 7 heteroatoms. The zero-order valence-electron chi connectivity index (χ0n) is 18.1. The number of anilines is 1. The first-order valence-electron chi connectivity index (χ1n) is 10.9. The molecule has 3 atom stereocenters. The summed E-state index contributed by atoms with van der Waals surface area (Å²) in [4.78, 5) is 22.7. The van der Waals surface area contributed by atoms with Crippen molar-refractivity contribution in [1.29, 1.82) is 0 Å². The van der Waals surface area contributed by atoms with Gasteiger partial charge in [0.25, 0.3) is 0 Å². The minimum Gasteiger partial charge on any atom is -0.393 e. The number of ketones is 1. The van der Waals surface area contributed by atoms with E-state index < -0.39 is 6.10 Å². The molecule has 3 aliphatic rings. The van der Waals surface area contributed by atoms with Gasteiger partial charge in [0.1, 0.15) is 18.4 Å². The molecule has 2 saturated carbocycles. The molecule has 1 aromatic rings. The van der Waals surface area contributed by atoms with Crippen LogP contribution in [0.4, 0.5) is 5.69 Å². The first-order valence-corrected chi connectivity index (χ1v) is 11.3. The lowest BCUT2D eigenvalue weighted by Crippen LogP contribution is -2.49. The molecule has 1 N–H and O–H groups in total. The van der Waals surface area contributed by atoms with Gasteiger partial charge < -0.3 is 14.8 Å². The molecule has 1 aliphatic heterocycles. The van der Waals surface area contributed by atoms with Gasteiger partial charge in [-0.05, 0) is 36.5 Å². The standard InChI is InChI=1S/C23H32ClN3O3/c1-22(2)19-7-8-23(22,3)21(20(19)29)25-30-15-18(28)14-26-9-11-27(12-10-26)17-6-4-5-16(24)13-17/h4-6,13,18-19,28H,7-12,14-15H2,1-3H3/b25-21+/t18?,19-,23+/m0/s1. The number of carbonyl (C=O) groups is 1. The second kappa shape index (κ2) is 8.13. The van der Waals surface area contributed by atoms with E-state index in [1.54, 1.807) is 0 Å². The summed E-state index contributed by atoms with van der Waals surface area (Å²) in [6.07, 6.45) is 1.27. The van der Waals surface area contributed by atoms with Crippen molar-refractivity contribution in [3.63, 3.8) is 0 Å². The van der Waals surface area contributed by atoms with E-state index >= 15 is 0 Å². The molecule has 0 spiro atoms. The Labute approximate surface area is 183 Å². The fraction of sp³-hybridized carbons (Fsp3) is 0.652. The Balaban J connectivity index is 1.25. The number of Topliss-reactive ketones (excluding diaryl/α,β-unsaturated/α-hetero) is 1. The Hall–Kier alpha value is -1.63. The second-order valence-corrected chi connectivity index (χ2v) is 10.1. The summed E-state index contributed by atoms with van der Waals surface area (Å²) in [5, 5.41) is 15.4. The van der Waals surface area contributed by atoms with Gasteiger partial charge >= 0.3 is 0 Å². The number of aliphatic hydroxyl groups excluding tert-OH is 1. The van der Waals surface area contributed by atoms with Gasteiger partial charge in [0, 0.05) is 54.8 Å². The highest BCUT2D eigenvalue weighted by Crippen LogP contribution is 2.62. The average Bonchev–Trinajstić information content (AvgIpc) is 3.01. The third-order valence-corrected chi connectivity index (χ3v) is 7.97. The van der Waals surface area contributed by atoms with Gasteiger partial charge in [-0.1, -0.05) is 43.6 Å². The molecular formula is C23H32ClN3O3. The van der Waals surface area contributed by atoms with E-state index in [1.165, 1.54) is 0 Å². The summed E-state index contributed by atoms with van der Waals surface area (Å²) in [7, 11) is 0.